The van der Waals surface area contributed by atoms with E-state index in [1.54, 1.807) is 31.5 Å². The molecule has 0 unspecified atom stereocenters. The molecule has 1 atom stereocenters. The van der Waals surface area contributed by atoms with Gasteiger partial charge in [-0.15, -0.1) is 0 Å². The number of ether oxygens (including phenoxy) is 2. The van der Waals surface area contributed by atoms with Crippen molar-refractivity contribution >= 4 is 5.91 Å². The van der Waals surface area contributed by atoms with Crippen LogP contribution in [0, 0.1) is 13.8 Å². The minimum absolute atomic E-state index is 0.222. The lowest BCUT2D eigenvalue weighted by Crippen LogP contribution is -2.29. The number of methoxy groups -OCH3 is 1. The van der Waals surface area contributed by atoms with Crippen molar-refractivity contribution in [3.05, 3.63) is 83.1 Å². The molecule has 4 rings (SSSR count). The number of carbonyl (C=O) groups excluding carboxylic acids is 1. The van der Waals surface area contributed by atoms with Gasteiger partial charge in [-0.25, -0.2) is 4.98 Å². The van der Waals surface area contributed by atoms with E-state index in [4.69, 9.17) is 14.0 Å². The molecular weight excluding hydrogens is 432 g/mol. The van der Waals surface area contributed by atoms with Crippen LogP contribution in [0.4, 0.5) is 0 Å². The van der Waals surface area contributed by atoms with Gasteiger partial charge in [0.2, 0.25) is 0 Å². The summed E-state index contributed by atoms with van der Waals surface area (Å²) in [7, 11) is 1.54. The van der Waals surface area contributed by atoms with E-state index in [1.807, 2.05) is 51.1 Å². The molecule has 8 nitrogen and oxygen atoms in total. The largest absolute Gasteiger partial charge is 0.493 e. The molecule has 0 aliphatic rings. The van der Waals surface area contributed by atoms with E-state index >= 15 is 0 Å². The van der Waals surface area contributed by atoms with Crippen LogP contribution >= 0.6 is 0 Å². The van der Waals surface area contributed by atoms with Crippen LogP contribution in [-0.2, 0) is 6.61 Å². The molecule has 176 valence electrons. The van der Waals surface area contributed by atoms with E-state index < -0.39 is 0 Å². The second kappa shape index (κ2) is 10.2. The summed E-state index contributed by atoms with van der Waals surface area (Å²) in [6, 6.07) is 14.8. The minimum Gasteiger partial charge on any atom is -0.493 e. The first-order valence-electron chi connectivity index (χ1n) is 11.1. The van der Waals surface area contributed by atoms with Gasteiger partial charge in [-0.1, -0.05) is 42.4 Å². The van der Waals surface area contributed by atoms with Gasteiger partial charge in [0, 0.05) is 5.56 Å². The zero-order valence-corrected chi connectivity index (χ0v) is 19.7. The smallest absolute Gasteiger partial charge is 0.252 e. The molecule has 2 N–H and O–H groups in total. The standard InChI is InChI=1S/C26H28N4O4/c1-5-21(25-27-14-22(28-25)18-9-7-6-8-10-18)29-26(31)19-11-12-23(24(13-19)32-4)33-15-20-16(2)30-34-17(20)3/h6-14,21H,5,15H2,1-4H3,(H,27,28)(H,29,31)/t21-/m1/s1. The Bertz CT molecular complexity index is 1240. The molecule has 2 heterocycles. The van der Waals surface area contributed by atoms with Crippen LogP contribution in [0.3, 0.4) is 0 Å². The number of aryl methyl sites for hydroxylation is 2. The fourth-order valence-electron chi connectivity index (χ4n) is 3.67. The lowest BCUT2D eigenvalue weighted by Gasteiger charge is -2.16. The Morgan fingerprint density at radius 3 is 2.62 bits per heavy atom. The van der Waals surface area contributed by atoms with Crippen LogP contribution in [0.5, 0.6) is 11.5 Å². The molecule has 2 aromatic carbocycles. The summed E-state index contributed by atoms with van der Waals surface area (Å²) in [6.07, 6.45) is 2.47. The highest BCUT2D eigenvalue weighted by Gasteiger charge is 2.19. The van der Waals surface area contributed by atoms with E-state index in [0.29, 0.717) is 41.7 Å². The average Bonchev–Trinajstić information content (AvgIpc) is 3.48. The second-order valence-corrected chi connectivity index (χ2v) is 7.94. The first-order valence-corrected chi connectivity index (χ1v) is 11.1. The van der Waals surface area contributed by atoms with Gasteiger partial charge in [0.25, 0.3) is 5.91 Å². The van der Waals surface area contributed by atoms with Gasteiger partial charge >= 0.3 is 0 Å². The van der Waals surface area contributed by atoms with Crippen molar-refractivity contribution in [3.63, 3.8) is 0 Å². The minimum atomic E-state index is -0.258. The van der Waals surface area contributed by atoms with Gasteiger partial charge in [-0.3, -0.25) is 4.79 Å². The Hall–Kier alpha value is -4.07. The Morgan fingerprint density at radius 1 is 1.15 bits per heavy atom. The van der Waals surface area contributed by atoms with Crippen molar-refractivity contribution in [2.24, 2.45) is 0 Å². The number of imidazole rings is 1. The molecule has 1 amide bonds. The highest BCUT2D eigenvalue weighted by Crippen LogP contribution is 2.30. The number of hydrogen-bond acceptors (Lipinski definition) is 6. The predicted molar refractivity (Wildman–Crippen MR) is 128 cm³/mol. The Labute approximate surface area is 198 Å². The van der Waals surface area contributed by atoms with Crippen LogP contribution in [0.25, 0.3) is 11.3 Å². The fourth-order valence-corrected chi connectivity index (χ4v) is 3.67. The summed E-state index contributed by atoms with van der Waals surface area (Å²) in [5.41, 5.74) is 4.09. The molecule has 0 spiro atoms. The van der Waals surface area contributed by atoms with Crippen LogP contribution in [0.2, 0.25) is 0 Å². The van der Waals surface area contributed by atoms with Crippen molar-refractivity contribution in [3.8, 4) is 22.8 Å². The zero-order valence-electron chi connectivity index (χ0n) is 19.7. The van der Waals surface area contributed by atoms with E-state index in [1.165, 1.54) is 0 Å². The Balaban J connectivity index is 1.46. The summed E-state index contributed by atoms with van der Waals surface area (Å²) in [5.74, 6) is 2.20. The molecule has 0 aliphatic heterocycles. The van der Waals surface area contributed by atoms with Gasteiger partial charge in [0.05, 0.1) is 36.3 Å². The quantitative estimate of drug-likeness (QED) is 0.358. The first kappa shape index (κ1) is 23.1. The second-order valence-electron chi connectivity index (χ2n) is 7.94. The van der Waals surface area contributed by atoms with Crippen LogP contribution in [0.1, 0.15) is 52.6 Å². The maximum atomic E-state index is 13.0. The van der Waals surface area contributed by atoms with Crippen molar-refractivity contribution in [2.45, 2.75) is 39.8 Å². The number of hydrogen-bond donors (Lipinski definition) is 2. The fraction of sp³-hybridized carbons (Fsp3) is 0.269. The van der Waals surface area contributed by atoms with Crippen molar-refractivity contribution in [2.75, 3.05) is 7.11 Å². The molecule has 2 aromatic heterocycles. The van der Waals surface area contributed by atoms with Crippen molar-refractivity contribution in [1.29, 1.82) is 0 Å². The molecule has 0 saturated carbocycles. The number of H-pyrrole nitrogens is 1. The average molecular weight is 461 g/mol. The summed E-state index contributed by atoms with van der Waals surface area (Å²) in [5, 5.41) is 7.00. The molecule has 0 fully saturated rings. The lowest BCUT2D eigenvalue weighted by molar-refractivity contribution is 0.0933. The third-order valence-corrected chi connectivity index (χ3v) is 5.70. The van der Waals surface area contributed by atoms with Gasteiger partial charge in [-0.05, 0) is 44.0 Å². The van der Waals surface area contributed by atoms with Gasteiger partial charge in [-0.2, -0.15) is 0 Å². The number of aromatic nitrogens is 3. The van der Waals surface area contributed by atoms with E-state index in [2.05, 4.69) is 20.4 Å². The SMILES string of the molecule is CC[C@@H](NC(=O)c1ccc(OCc2c(C)noc2C)c(OC)c1)c1ncc(-c2ccccc2)[nH]1. The number of rotatable bonds is 9. The maximum Gasteiger partial charge on any atom is 0.252 e. The molecule has 8 heteroatoms. The highest BCUT2D eigenvalue weighted by atomic mass is 16.5. The number of benzene rings is 2. The lowest BCUT2D eigenvalue weighted by atomic mass is 10.1. The Morgan fingerprint density at radius 2 is 1.94 bits per heavy atom. The number of nitrogens with one attached hydrogen (secondary N) is 2. The maximum absolute atomic E-state index is 13.0. The zero-order chi connectivity index (χ0) is 24.1. The molecule has 34 heavy (non-hydrogen) atoms. The molecule has 0 bridgehead atoms. The number of nitrogens with zero attached hydrogens (tertiary/aromatic N) is 2. The summed E-state index contributed by atoms with van der Waals surface area (Å²) < 4.78 is 16.6. The molecule has 0 radical (unpaired) electrons. The number of amides is 1. The highest BCUT2D eigenvalue weighted by molar-refractivity contribution is 5.95. The van der Waals surface area contributed by atoms with Crippen LogP contribution in [0.15, 0.2) is 59.3 Å². The van der Waals surface area contributed by atoms with E-state index in [0.717, 1.165) is 22.5 Å². The van der Waals surface area contributed by atoms with Crippen molar-refractivity contribution < 1.29 is 18.8 Å². The molecule has 0 saturated heterocycles. The number of aromatic amines is 1. The van der Waals surface area contributed by atoms with E-state index in [-0.39, 0.29) is 11.9 Å². The predicted octanol–water partition coefficient (Wildman–Crippen LogP) is 5.15. The first-order chi connectivity index (χ1) is 16.5. The van der Waals surface area contributed by atoms with Gasteiger partial charge in [0.1, 0.15) is 18.2 Å². The van der Waals surface area contributed by atoms with Crippen LogP contribution in [-0.4, -0.2) is 28.1 Å². The van der Waals surface area contributed by atoms with E-state index in [9.17, 15) is 4.79 Å². The van der Waals surface area contributed by atoms with Gasteiger partial charge in [0.15, 0.2) is 11.5 Å². The summed E-state index contributed by atoms with van der Waals surface area (Å²) >= 11 is 0. The molecular formula is C26H28N4O4. The number of carbonyl (C=O) groups is 1. The molecule has 4 aromatic rings. The summed E-state index contributed by atoms with van der Waals surface area (Å²) in [4.78, 5) is 20.8. The monoisotopic (exact) mass is 460 g/mol. The normalized spacial score (nSPS) is 11.8. The third-order valence-electron chi connectivity index (χ3n) is 5.70. The van der Waals surface area contributed by atoms with Crippen LogP contribution < -0.4 is 14.8 Å². The Kier molecular flexibility index (Phi) is 6.96. The molecule has 0 aliphatic carbocycles. The summed E-state index contributed by atoms with van der Waals surface area (Å²) in [6.45, 7) is 6.01. The van der Waals surface area contributed by atoms with Gasteiger partial charge < -0.3 is 24.3 Å². The topological polar surface area (TPSA) is 102 Å². The van der Waals surface area contributed by atoms with Crippen molar-refractivity contribution in [1.82, 2.24) is 20.4 Å². The third kappa shape index (κ3) is 4.96.